The van der Waals surface area contributed by atoms with Gasteiger partial charge in [0.2, 0.25) is 0 Å². The van der Waals surface area contributed by atoms with E-state index in [4.69, 9.17) is 15.2 Å². The Labute approximate surface area is 114 Å². The molecule has 5 nitrogen and oxygen atoms in total. The number of methoxy groups -OCH3 is 2. The number of rotatable bonds is 6. The highest BCUT2D eigenvalue weighted by atomic mass is 16.5. The van der Waals surface area contributed by atoms with E-state index in [1.165, 1.54) is 0 Å². The first-order chi connectivity index (χ1) is 8.96. The van der Waals surface area contributed by atoms with Crippen molar-refractivity contribution in [1.29, 1.82) is 0 Å². The van der Waals surface area contributed by atoms with E-state index in [2.05, 4.69) is 0 Å². The summed E-state index contributed by atoms with van der Waals surface area (Å²) in [5.74, 6) is 1.34. The summed E-state index contributed by atoms with van der Waals surface area (Å²) < 4.78 is 10.6. The Morgan fingerprint density at radius 2 is 1.74 bits per heavy atom. The fraction of sp³-hybridized carbons (Fsp3) is 0.571. The lowest BCUT2D eigenvalue weighted by molar-refractivity contribution is 0.0818. The molecule has 0 amide bonds. The summed E-state index contributed by atoms with van der Waals surface area (Å²) in [6.45, 7) is 2.19. The van der Waals surface area contributed by atoms with E-state index in [1.54, 1.807) is 14.2 Å². The van der Waals surface area contributed by atoms with Crippen LogP contribution in [0.5, 0.6) is 11.5 Å². The second-order valence-corrected chi connectivity index (χ2v) is 4.78. The summed E-state index contributed by atoms with van der Waals surface area (Å²) in [4.78, 5) is 1.95. The minimum absolute atomic E-state index is 0.176. The second-order valence-electron chi connectivity index (χ2n) is 4.78. The molecule has 0 aliphatic carbocycles. The molecule has 0 heterocycles. The molecule has 0 aromatic heterocycles. The minimum atomic E-state index is -0.633. The van der Waals surface area contributed by atoms with Gasteiger partial charge in [-0.15, -0.1) is 0 Å². The van der Waals surface area contributed by atoms with Crippen LogP contribution in [0.3, 0.4) is 0 Å². The molecule has 5 heteroatoms. The summed E-state index contributed by atoms with van der Waals surface area (Å²) in [5.41, 5.74) is 7.61. The highest BCUT2D eigenvalue weighted by Gasteiger charge is 2.25. The van der Waals surface area contributed by atoms with Crippen LogP contribution < -0.4 is 15.2 Å². The first-order valence-corrected chi connectivity index (χ1v) is 6.23. The molecule has 0 fully saturated rings. The van der Waals surface area contributed by atoms with E-state index in [0.29, 0.717) is 11.5 Å². The Bertz CT molecular complexity index is 421. The zero-order valence-electron chi connectivity index (χ0n) is 12.3. The molecule has 108 valence electrons. The van der Waals surface area contributed by atoms with E-state index in [1.807, 2.05) is 38.1 Å². The molecular weight excluding hydrogens is 244 g/mol. The van der Waals surface area contributed by atoms with Gasteiger partial charge in [-0.05, 0) is 44.3 Å². The van der Waals surface area contributed by atoms with Gasteiger partial charge in [-0.1, -0.05) is 0 Å². The van der Waals surface area contributed by atoms with Crippen LogP contribution in [0, 0.1) is 6.92 Å². The Kier molecular flexibility index (Phi) is 5.60. The summed E-state index contributed by atoms with van der Waals surface area (Å²) in [7, 11) is 7.04. The van der Waals surface area contributed by atoms with Gasteiger partial charge in [-0.2, -0.15) is 0 Å². The number of nitrogens with two attached hydrogens (primary N) is 1. The van der Waals surface area contributed by atoms with Crippen molar-refractivity contribution in [1.82, 2.24) is 4.90 Å². The standard InChI is InChI=1S/C14H24N2O3/c1-9-6-12(18-4)13(19-5)7-10(9)14(16(2)3)11(17)8-15/h6-7,11,14,17H,8,15H2,1-5H3. The summed E-state index contributed by atoms with van der Waals surface area (Å²) in [6.07, 6.45) is -0.633. The molecular formula is C14H24N2O3. The number of aryl methyl sites for hydroxylation is 1. The zero-order valence-corrected chi connectivity index (χ0v) is 12.3. The van der Waals surface area contributed by atoms with Gasteiger partial charge in [-0.25, -0.2) is 0 Å². The lowest BCUT2D eigenvalue weighted by Crippen LogP contribution is -2.36. The van der Waals surface area contributed by atoms with Gasteiger partial charge in [-0.3, -0.25) is 0 Å². The first kappa shape index (κ1) is 15.8. The van der Waals surface area contributed by atoms with Crippen LogP contribution in [0.15, 0.2) is 12.1 Å². The van der Waals surface area contributed by atoms with Crippen LogP contribution >= 0.6 is 0 Å². The number of likely N-dealkylation sites (N-methyl/N-ethyl adjacent to an activating group) is 1. The third-order valence-electron chi connectivity index (χ3n) is 3.25. The molecule has 0 saturated heterocycles. The molecule has 0 aliphatic rings. The fourth-order valence-corrected chi connectivity index (χ4v) is 2.27. The van der Waals surface area contributed by atoms with Crippen molar-refractivity contribution in [3.63, 3.8) is 0 Å². The molecule has 0 bridgehead atoms. The predicted molar refractivity (Wildman–Crippen MR) is 75.8 cm³/mol. The number of ether oxygens (including phenoxy) is 2. The van der Waals surface area contributed by atoms with Crippen LogP contribution in [-0.2, 0) is 0 Å². The monoisotopic (exact) mass is 268 g/mol. The van der Waals surface area contributed by atoms with Crippen molar-refractivity contribution in [2.24, 2.45) is 5.73 Å². The van der Waals surface area contributed by atoms with Crippen molar-refractivity contribution in [2.75, 3.05) is 34.9 Å². The van der Waals surface area contributed by atoms with Gasteiger partial charge in [0.15, 0.2) is 11.5 Å². The first-order valence-electron chi connectivity index (χ1n) is 6.23. The molecule has 0 spiro atoms. The maximum atomic E-state index is 10.1. The lowest BCUT2D eigenvalue weighted by Gasteiger charge is -2.30. The zero-order chi connectivity index (χ0) is 14.6. The molecule has 1 rings (SSSR count). The van der Waals surface area contributed by atoms with Gasteiger partial charge in [0.05, 0.1) is 26.4 Å². The third kappa shape index (κ3) is 3.37. The highest BCUT2D eigenvalue weighted by molar-refractivity contribution is 5.48. The number of hydrogen-bond acceptors (Lipinski definition) is 5. The largest absolute Gasteiger partial charge is 0.493 e. The SMILES string of the molecule is COc1cc(C)c(C(C(O)CN)N(C)C)cc1OC. The third-order valence-corrected chi connectivity index (χ3v) is 3.25. The molecule has 3 N–H and O–H groups in total. The molecule has 0 saturated carbocycles. The van der Waals surface area contributed by atoms with Crippen LogP contribution in [0.2, 0.25) is 0 Å². The van der Waals surface area contributed by atoms with E-state index in [9.17, 15) is 5.11 Å². The van der Waals surface area contributed by atoms with Crippen LogP contribution in [-0.4, -0.2) is 51.0 Å². The number of nitrogens with zero attached hydrogens (tertiary/aromatic N) is 1. The summed E-state index contributed by atoms with van der Waals surface area (Å²) >= 11 is 0. The van der Waals surface area contributed by atoms with E-state index < -0.39 is 6.10 Å². The molecule has 0 radical (unpaired) electrons. The molecule has 1 aromatic rings. The normalized spacial score (nSPS) is 14.3. The second kappa shape index (κ2) is 6.75. The van der Waals surface area contributed by atoms with Gasteiger partial charge in [0, 0.05) is 6.54 Å². The molecule has 2 unspecified atom stereocenters. The predicted octanol–water partition coefficient (Wildman–Crippen LogP) is 0.935. The van der Waals surface area contributed by atoms with Crippen molar-refractivity contribution in [3.05, 3.63) is 23.3 Å². The Balaban J connectivity index is 3.30. The van der Waals surface area contributed by atoms with E-state index >= 15 is 0 Å². The van der Waals surface area contributed by atoms with E-state index in [0.717, 1.165) is 11.1 Å². The number of aliphatic hydroxyl groups excluding tert-OH is 1. The topological polar surface area (TPSA) is 68.0 Å². The average molecular weight is 268 g/mol. The number of benzene rings is 1. The van der Waals surface area contributed by atoms with Crippen LogP contribution in [0.4, 0.5) is 0 Å². The Morgan fingerprint density at radius 3 is 2.16 bits per heavy atom. The molecule has 2 atom stereocenters. The molecule has 0 aliphatic heterocycles. The lowest BCUT2D eigenvalue weighted by atomic mass is 9.95. The maximum absolute atomic E-state index is 10.1. The Morgan fingerprint density at radius 1 is 1.21 bits per heavy atom. The summed E-state index contributed by atoms with van der Waals surface area (Å²) in [5, 5.41) is 10.1. The van der Waals surface area contributed by atoms with Gasteiger partial charge in [0.1, 0.15) is 0 Å². The highest BCUT2D eigenvalue weighted by Crippen LogP contribution is 2.35. The average Bonchev–Trinajstić information content (AvgIpc) is 2.39. The van der Waals surface area contributed by atoms with Crippen molar-refractivity contribution in [3.8, 4) is 11.5 Å². The van der Waals surface area contributed by atoms with Crippen LogP contribution in [0.25, 0.3) is 0 Å². The van der Waals surface area contributed by atoms with Gasteiger partial charge >= 0.3 is 0 Å². The molecule has 19 heavy (non-hydrogen) atoms. The van der Waals surface area contributed by atoms with Crippen LogP contribution in [0.1, 0.15) is 17.2 Å². The maximum Gasteiger partial charge on any atom is 0.161 e. The smallest absolute Gasteiger partial charge is 0.161 e. The van der Waals surface area contributed by atoms with Crippen molar-refractivity contribution >= 4 is 0 Å². The van der Waals surface area contributed by atoms with E-state index in [-0.39, 0.29) is 12.6 Å². The summed E-state index contributed by atoms with van der Waals surface area (Å²) in [6, 6.07) is 3.64. The Hall–Kier alpha value is -1.30. The van der Waals surface area contributed by atoms with Crippen molar-refractivity contribution in [2.45, 2.75) is 19.1 Å². The number of hydrogen-bond donors (Lipinski definition) is 2. The van der Waals surface area contributed by atoms with Gasteiger partial charge < -0.3 is 25.2 Å². The fourth-order valence-electron chi connectivity index (χ4n) is 2.27. The van der Waals surface area contributed by atoms with Gasteiger partial charge in [0.25, 0.3) is 0 Å². The van der Waals surface area contributed by atoms with Crippen molar-refractivity contribution < 1.29 is 14.6 Å². The quantitative estimate of drug-likeness (QED) is 0.803. The number of aliphatic hydroxyl groups is 1. The molecule has 1 aromatic carbocycles. The minimum Gasteiger partial charge on any atom is -0.493 e.